The molecule has 3 atom stereocenters. The number of hydrogen-bond donors (Lipinski definition) is 2. The van der Waals surface area contributed by atoms with Crippen molar-refractivity contribution in [2.45, 2.75) is 63.0 Å². The Labute approximate surface area is 207 Å². The molecule has 2 fully saturated rings. The molecule has 2 N–H and O–H groups in total. The van der Waals surface area contributed by atoms with Crippen molar-refractivity contribution in [2.75, 3.05) is 44.8 Å². The van der Waals surface area contributed by atoms with Crippen molar-refractivity contribution in [3.05, 3.63) is 58.8 Å². The van der Waals surface area contributed by atoms with E-state index in [2.05, 4.69) is 28.4 Å². The van der Waals surface area contributed by atoms with Crippen LogP contribution in [0.5, 0.6) is 0 Å². The monoisotopic (exact) mass is 479 g/mol. The number of nitrogens with zero attached hydrogens (tertiary/aromatic N) is 2. The van der Waals surface area contributed by atoms with Crippen LogP contribution in [0.2, 0.25) is 0 Å². The number of fused-ring (bicyclic) bond motifs is 1. The van der Waals surface area contributed by atoms with Crippen LogP contribution < -0.4 is 5.32 Å². The second-order valence-electron chi connectivity index (χ2n) is 10.0. The van der Waals surface area contributed by atoms with Gasteiger partial charge in [-0.15, -0.1) is 0 Å². The number of aromatic nitrogens is 1. The number of carbonyl (C=O) groups is 1. The first kappa shape index (κ1) is 24.2. The third-order valence-electron chi connectivity index (χ3n) is 7.57. The number of rotatable bonds is 10. The number of hydrogen-bond acceptors (Lipinski definition) is 6. The molecule has 0 bridgehead atoms. The highest BCUT2D eigenvalue weighted by Crippen LogP contribution is 2.35. The molecule has 3 aliphatic heterocycles. The van der Waals surface area contributed by atoms with Crippen LogP contribution in [0, 0.1) is 0 Å². The minimum absolute atomic E-state index is 0.0879. The van der Waals surface area contributed by atoms with Gasteiger partial charge in [0.25, 0.3) is 0 Å². The molecule has 7 heteroatoms. The van der Waals surface area contributed by atoms with Crippen molar-refractivity contribution in [1.29, 1.82) is 0 Å². The van der Waals surface area contributed by atoms with Crippen LogP contribution in [-0.2, 0) is 27.1 Å². The van der Waals surface area contributed by atoms with Gasteiger partial charge in [0.1, 0.15) is 11.9 Å². The molecule has 4 heterocycles. The van der Waals surface area contributed by atoms with E-state index in [-0.39, 0.29) is 12.0 Å². The van der Waals surface area contributed by atoms with E-state index in [1.165, 1.54) is 12.0 Å². The fourth-order valence-corrected chi connectivity index (χ4v) is 5.69. The molecule has 35 heavy (non-hydrogen) atoms. The van der Waals surface area contributed by atoms with Crippen LogP contribution in [-0.4, -0.2) is 66.5 Å². The van der Waals surface area contributed by atoms with Crippen molar-refractivity contribution in [2.24, 2.45) is 0 Å². The SMILES string of the molecule is O=C(O)C(c1ccccc1C1CCOC1)N1CC[C@@H](OCCCCc2ccc3c(n2)NCCC3)C1. The Morgan fingerprint density at radius 2 is 2.14 bits per heavy atom. The Morgan fingerprint density at radius 1 is 1.23 bits per heavy atom. The van der Waals surface area contributed by atoms with Gasteiger partial charge in [-0.2, -0.15) is 0 Å². The molecular weight excluding hydrogens is 442 g/mol. The Kier molecular flexibility index (Phi) is 7.96. The molecule has 0 saturated carbocycles. The van der Waals surface area contributed by atoms with Gasteiger partial charge in [0.05, 0.1) is 12.7 Å². The Bertz CT molecular complexity index is 1010. The van der Waals surface area contributed by atoms with Crippen molar-refractivity contribution in [3.8, 4) is 0 Å². The number of unbranched alkanes of at least 4 members (excludes halogenated alkanes) is 1. The number of aliphatic carboxylic acids is 1. The lowest BCUT2D eigenvalue weighted by Crippen LogP contribution is -2.34. The summed E-state index contributed by atoms with van der Waals surface area (Å²) < 4.78 is 11.7. The molecule has 5 rings (SSSR count). The molecule has 1 aromatic heterocycles. The topological polar surface area (TPSA) is 83.9 Å². The summed E-state index contributed by atoms with van der Waals surface area (Å²) in [7, 11) is 0. The Morgan fingerprint density at radius 3 is 3.00 bits per heavy atom. The van der Waals surface area contributed by atoms with Crippen LogP contribution in [0.1, 0.15) is 66.4 Å². The lowest BCUT2D eigenvalue weighted by atomic mass is 9.89. The summed E-state index contributed by atoms with van der Waals surface area (Å²) >= 11 is 0. The number of carboxylic acids is 1. The smallest absolute Gasteiger partial charge is 0.325 e. The molecule has 0 radical (unpaired) electrons. The van der Waals surface area contributed by atoms with E-state index in [4.69, 9.17) is 14.5 Å². The molecule has 7 nitrogen and oxygen atoms in total. The van der Waals surface area contributed by atoms with Gasteiger partial charge in [0.2, 0.25) is 0 Å². The summed E-state index contributed by atoms with van der Waals surface area (Å²) in [4.78, 5) is 19.2. The number of likely N-dealkylation sites (tertiary alicyclic amines) is 1. The molecule has 188 valence electrons. The van der Waals surface area contributed by atoms with Crippen molar-refractivity contribution in [1.82, 2.24) is 9.88 Å². The van der Waals surface area contributed by atoms with E-state index in [0.717, 1.165) is 80.9 Å². The van der Waals surface area contributed by atoms with Crippen molar-refractivity contribution in [3.63, 3.8) is 0 Å². The van der Waals surface area contributed by atoms with E-state index in [0.29, 0.717) is 19.8 Å². The molecule has 3 aliphatic rings. The molecule has 1 aromatic carbocycles. The maximum absolute atomic E-state index is 12.4. The second kappa shape index (κ2) is 11.5. The maximum atomic E-state index is 12.4. The first-order valence-electron chi connectivity index (χ1n) is 13.2. The van der Waals surface area contributed by atoms with Crippen LogP contribution in [0.4, 0.5) is 5.82 Å². The molecule has 2 saturated heterocycles. The zero-order valence-corrected chi connectivity index (χ0v) is 20.5. The van der Waals surface area contributed by atoms with Gasteiger partial charge in [0.15, 0.2) is 0 Å². The quantitative estimate of drug-likeness (QED) is 0.495. The largest absolute Gasteiger partial charge is 0.480 e. The van der Waals surface area contributed by atoms with E-state index < -0.39 is 12.0 Å². The van der Waals surface area contributed by atoms with Gasteiger partial charge in [-0.3, -0.25) is 9.69 Å². The highest BCUT2D eigenvalue weighted by molar-refractivity contribution is 5.76. The Balaban J connectivity index is 1.10. The minimum atomic E-state index is -0.788. The van der Waals surface area contributed by atoms with Gasteiger partial charge >= 0.3 is 5.97 Å². The van der Waals surface area contributed by atoms with Gasteiger partial charge < -0.3 is 19.9 Å². The normalized spacial score (nSPS) is 23.1. The number of carboxylic acid groups (broad SMARTS) is 1. The number of benzene rings is 1. The highest BCUT2D eigenvalue weighted by atomic mass is 16.5. The summed E-state index contributed by atoms with van der Waals surface area (Å²) in [5.41, 5.74) is 4.49. The number of ether oxygens (including phenoxy) is 2. The van der Waals surface area contributed by atoms with E-state index in [1.807, 2.05) is 18.2 Å². The van der Waals surface area contributed by atoms with Crippen LogP contribution >= 0.6 is 0 Å². The van der Waals surface area contributed by atoms with Gasteiger partial charge in [-0.1, -0.05) is 30.3 Å². The maximum Gasteiger partial charge on any atom is 0.325 e. The number of nitrogens with one attached hydrogen (secondary N) is 1. The fraction of sp³-hybridized carbons (Fsp3) is 0.571. The van der Waals surface area contributed by atoms with Crippen LogP contribution in [0.25, 0.3) is 0 Å². The number of aryl methyl sites for hydroxylation is 2. The molecule has 0 aliphatic carbocycles. The standard InChI is InChI=1S/C28H37N3O4/c32-28(33)26(25-9-2-1-8-24(25)21-13-17-34-19-21)31-15-12-23(18-31)35-16-4-3-7-22-11-10-20-6-5-14-29-27(20)30-22/h1-2,8-11,21,23,26H,3-7,12-19H2,(H,29,30)(H,32,33)/t21?,23-,26?/m1/s1. The van der Waals surface area contributed by atoms with Gasteiger partial charge in [-0.05, 0) is 67.7 Å². The minimum Gasteiger partial charge on any atom is -0.480 e. The lowest BCUT2D eigenvalue weighted by Gasteiger charge is -2.27. The van der Waals surface area contributed by atoms with E-state index >= 15 is 0 Å². The number of pyridine rings is 1. The lowest BCUT2D eigenvalue weighted by molar-refractivity contribution is -0.143. The average molecular weight is 480 g/mol. The molecular formula is C28H37N3O4. The predicted octanol–water partition coefficient (Wildman–Crippen LogP) is 4.18. The fourth-order valence-electron chi connectivity index (χ4n) is 5.69. The molecule has 2 aromatic rings. The predicted molar refractivity (Wildman–Crippen MR) is 135 cm³/mol. The molecule has 0 spiro atoms. The highest BCUT2D eigenvalue weighted by Gasteiger charge is 2.36. The zero-order chi connectivity index (χ0) is 24.0. The van der Waals surface area contributed by atoms with Gasteiger partial charge in [-0.25, -0.2) is 4.98 Å². The summed E-state index contributed by atoms with van der Waals surface area (Å²) in [5.74, 6) is 0.554. The van der Waals surface area contributed by atoms with Gasteiger partial charge in [0, 0.05) is 44.5 Å². The zero-order valence-electron chi connectivity index (χ0n) is 20.5. The van der Waals surface area contributed by atoms with Crippen LogP contribution in [0.15, 0.2) is 36.4 Å². The summed E-state index contributed by atoms with van der Waals surface area (Å²) in [5, 5.41) is 13.6. The van der Waals surface area contributed by atoms with E-state index in [9.17, 15) is 9.90 Å². The number of anilines is 1. The molecule has 0 amide bonds. The molecule has 2 unspecified atom stereocenters. The van der Waals surface area contributed by atoms with Crippen molar-refractivity contribution >= 4 is 11.8 Å². The van der Waals surface area contributed by atoms with Crippen LogP contribution in [0.3, 0.4) is 0 Å². The third kappa shape index (κ3) is 5.85. The summed E-state index contributed by atoms with van der Waals surface area (Å²) in [6.45, 7) is 4.53. The summed E-state index contributed by atoms with van der Waals surface area (Å²) in [6, 6.07) is 11.7. The van der Waals surface area contributed by atoms with Crippen molar-refractivity contribution < 1.29 is 19.4 Å². The Hall–Kier alpha value is -2.48. The average Bonchev–Trinajstić information content (AvgIpc) is 3.57. The van der Waals surface area contributed by atoms with E-state index in [1.54, 1.807) is 0 Å². The first-order valence-corrected chi connectivity index (χ1v) is 13.2. The first-order chi connectivity index (χ1) is 17.2. The second-order valence-corrected chi connectivity index (χ2v) is 10.0. The third-order valence-corrected chi connectivity index (χ3v) is 7.57. The summed E-state index contributed by atoms with van der Waals surface area (Å²) in [6.07, 6.45) is 7.18.